The van der Waals surface area contributed by atoms with Crippen LogP contribution < -0.4 is 4.90 Å². The van der Waals surface area contributed by atoms with Crippen molar-refractivity contribution in [2.45, 2.75) is 37.6 Å². The van der Waals surface area contributed by atoms with E-state index in [2.05, 4.69) is 4.99 Å². The van der Waals surface area contributed by atoms with Crippen molar-refractivity contribution < 1.29 is 9.59 Å². The Morgan fingerprint density at radius 1 is 1.32 bits per heavy atom. The van der Waals surface area contributed by atoms with E-state index in [1.165, 1.54) is 0 Å². The van der Waals surface area contributed by atoms with Crippen molar-refractivity contribution >= 4 is 17.7 Å². The second-order valence-corrected chi connectivity index (χ2v) is 5.38. The van der Waals surface area contributed by atoms with Crippen LogP contribution in [0.2, 0.25) is 0 Å². The van der Waals surface area contributed by atoms with Crippen molar-refractivity contribution in [3.8, 4) is 0 Å². The number of likely N-dealkylation sites (N-methyl/N-ethyl adjacent to an activating group) is 1. The van der Waals surface area contributed by atoms with Crippen molar-refractivity contribution in [3.63, 3.8) is 0 Å². The van der Waals surface area contributed by atoms with Gasteiger partial charge in [0.05, 0.1) is 12.1 Å². The van der Waals surface area contributed by atoms with Gasteiger partial charge in [0, 0.05) is 12.6 Å². The van der Waals surface area contributed by atoms with Crippen LogP contribution in [-0.4, -0.2) is 19.0 Å². The third kappa shape index (κ3) is 1.71. The molecule has 98 valence electrons. The van der Waals surface area contributed by atoms with Gasteiger partial charge in [-0.1, -0.05) is 31.0 Å². The summed E-state index contributed by atoms with van der Waals surface area (Å²) in [5, 5.41) is 0. The van der Waals surface area contributed by atoms with Gasteiger partial charge in [-0.3, -0.25) is 4.79 Å². The van der Waals surface area contributed by atoms with Crippen LogP contribution in [0.1, 0.15) is 36.8 Å². The zero-order valence-electron chi connectivity index (χ0n) is 11.0. The monoisotopic (exact) mass is 256 g/mol. The van der Waals surface area contributed by atoms with Gasteiger partial charge < -0.3 is 4.90 Å². The van der Waals surface area contributed by atoms with Gasteiger partial charge in [-0.15, -0.1) is 0 Å². The summed E-state index contributed by atoms with van der Waals surface area (Å²) in [4.78, 5) is 28.5. The summed E-state index contributed by atoms with van der Waals surface area (Å²) in [6.45, 7) is 0. The Hall–Kier alpha value is -1.93. The summed E-state index contributed by atoms with van der Waals surface area (Å²) in [6.07, 6.45) is 6.03. The quantitative estimate of drug-likeness (QED) is 0.602. The van der Waals surface area contributed by atoms with E-state index in [1.807, 2.05) is 18.2 Å². The molecule has 0 atom stereocenters. The van der Waals surface area contributed by atoms with Gasteiger partial charge in [0.2, 0.25) is 12.0 Å². The van der Waals surface area contributed by atoms with Crippen LogP contribution in [0, 0.1) is 0 Å². The van der Waals surface area contributed by atoms with E-state index in [-0.39, 0.29) is 5.91 Å². The largest absolute Gasteiger partial charge is 0.315 e. The predicted molar refractivity (Wildman–Crippen MR) is 71.8 cm³/mol. The average molecular weight is 256 g/mol. The van der Waals surface area contributed by atoms with E-state index >= 15 is 0 Å². The third-order valence-corrected chi connectivity index (χ3v) is 4.36. The zero-order valence-corrected chi connectivity index (χ0v) is 11.0. The number of isocyanates is 1. The van der Waals surface area contributed by atoms with E-state index in [4.69, 9.17) is 0 Å². The molecule has 1 aliphatic carbocycles. The molecular weight excluding hydrogens is 240 g/mol. The second kappa shape index (κ2) is 4.32. The topological polar surface area (TPSA) is 49.7 Å². The lowest BCUT2D eigenvalue weighted by atomic mass is 9.86. The lowest BCUT2D eigenvalue weighted by Gasteiger charge is -2.27. The number of anilines is 1. The summed E-state index contributed by atoms with van der Waals surface area (Å²) >= 11 is 0. The van der Waals surface area contributed by atoms with Gasteiger partial charge in [0.25, 0.3) is 0 Å². The van der Waals surface area contributed by atoms with Crippen LogP contribution >= 0.6 is 0 Å². The minimum Gasteiger partial charge on any atom is -0.315 e. The highest BCUT2D eigenvalue weighted by Crippen LogP contribution is 2.47. The van der Waals surface area contributed by atoms with Crippen LogP contribution in [0.4, 0.5) is 5.69 Å². The SMILES string of the molecule is CN1C(=O)Cc2cccc(C3(N=C=O)CCCC3)c21. The molecule has 1 heterocycles. The second-order valence-electron chi connectivity index (χ2n) is 5.38. The number of hydrogen-bond donors (Lipinski definition) is 0. The van der Waals surface area contributed by atoms with Crippen molar-refractivity contribution in [2.24, 2.45) is 4.99 Å². The molecule has 1 aliphatic heterocycles. The fourth-order valence-corrected chi connectivity index (χ4v) is 3.40. The summed E-state index contributed by atoms with van der Waals surface area (Å²) in [6, 6.07) is 5.94. The number of aliphatic imine (C=N–C) groups is 1. The molecular formula is C15H16N2O2. The van der Waals surface area contributed by atoms with E-state index in [9.17, 15) is 9.59 Å². The number of amides is 1. The number of benzene rings is 1. The minimum absolute atomic E-state index is 0.102. The van der Waals surface area contributed by atoms with E-state index in [1.54, 1.807) is 18.0 Å². The molecule has 4 heteroatoms. The molecule has 0 aromatic heterocycles. The lowest BCUT2D eigenvalue weighted by molar-refractivity contribution is -0.117. The molecule has 1 fully saturated rings. The van der Waals surface area contributed by atoms with Crippen LogP contribution in [0.3, 0.4) is 0 Å². The van der Waals surface area contributed by atoms with Crippen molar-refractivity contribution in [2.75, 3.05) is 11.9 Å². The zero-order chi connectivity index (χ0) is 13.5. The molecule has 0 saturated heterocycles. The van der Waals surface area contributed by atoms with Crippen LogP contribution in [0.25, 0.3) is 0 Å². The van der Waals surface area contributed by atoms with Crippen molar-refractivity contribution in [3.05, 3.63) is 29.3 Å². The first-order chi connectivity index (χ1) is 9.18. The number of hydrogen-bond acceptors (Lipinski definition) is 3. The highest BCUT2D eigenvalue weighted by Gasteiger charge is 2.40. The Labute approximate surface area is 112 Å². The molecule has 0 unspecified atom stereocenters. The van der Waals surface area contributed by atoms with Gasteiger partial charge in [0.15, 0.2) is 0 Å². The molecule has 0 bridgehead atoms. The maximum Gasteiger partial charge on any atom is 0.235 e. The summed E-state index contributed by atoms with van der Waals surface area (Å²) in [5.74, 6) is 0.102. The lowest BCUT2D eigenvalue weighted by Crippen LogP contribution is -2.26. The number of para-hydroxylation sites is 1. The first-order valence-electron chi connectivity index (χ1n) is 6.66. The number of fused-ring (bicyclic) bond motifs is 1. The first-order valence-corrected chi connectivity index (χ1v) is 6.66. The fourth-order valence-electron chi connectivity index (χ4n) is 3.40. The van der Waals surface area contributed by atoms with Crippen molar-refractivity contribution in [1.82, 2.24) is 0 Å². The molecule has 1 saturated carbocycles. The Bertz CT molecular complexity index is 582. The highest BCUT2D eigenvalue weighted by atomic mass is 16.2. The van der Waals surface area contributed by atoms with Crippen LogP contribution in [0.5, 0.6) is 0 Å². The van der Waals surface area contributed by atoms with Crippen LogP contribution in [0.15, 0.2) is 23.2 Å². The molecule has 0 radical (unpaired) electrons. The Balaban J connectivity index is 2.19. The van der Waals surface area contributed by atoms with Gasteiger partial charge >= 0.3 is 0 Å². The van der Waals surface area contributed by atoms with Crippen LogP contribution in [-0.2, 0) is 21.5 Å². The van der Waals surface area contributed by atoms with Gasteiger partial charge in [-0.05, 0) is 18.4 Å². The van der Waals surface area contributed by atoms with E-state index in [0.717, 1.165) is 42.5 Å². The normalized spacial score (nSPS) is 20.3. The highest BCUT2D eigenvalue weighted by molar-refractivity contribution is 6.02. The average Bonchev–Trinajstić information content (AvgIpc) is 2.97. The molecule has 19 heavy (non-hydrogen) atoms. The number of carbonyl (C=O) groups is 1. The Morgan fingerprint density at radius 3 is 2.74 bits per heavy atom. The maximum absolute atomic E-state index is 11.9. The molecule has 3 rings (SSSR count). The summed E-state index contributed by atoms with van der Waals surface area (Å²) in [5.41, 5.74) is 2.54. The number of rotatable bonds is 2. The molecule has 0 N–H and O–H groups in total. The number of nitrogens with zero attached hydrogens (tertiary/aromatic N) is 2. The minimum atomic E-state index is -0.466. The molecule has 1 amide bonds. The standard InChI is InChI=1S/C15H16N2O2/c1-17-13(19)9-11-5-4-6-12(14(11)17)15(16-10-18)7-2-3-8-15/h4-6H,2-3,7-9H2,1H3. The fraction of sp³-hybridized carbons (Fsp3) is 0.467. The van der Waals surface area contributed by atoms with Gasteiger partial charge in [-0.25, -0.2) is 4.79 Å². The molecule has 0 spiro atoms. The van der Waals surface area contributed by atoms with Gasteiger partial charge in [-0.2, -0.15) is 4.99 Å². The summed E-state index contributed by atoms with van der Waals surface area (Å²) < 4.78 is 0. The number of carbonyl (C=O) groups excluding carboxylic acids is 2. The molecule has 1 aromatic rings. The smallest absolute Gasteiger partial charge is 0.235 e. The predicted octanol–water partition coefficient (Wildman–Crippen LogP) is 2.31. The Kier molecular flexibility index (Phi) is 2.76. The molecule has 4 nitrogen and oxygen atoms in total. The van der Waals surface area contributed by atoms with E-state index in [0.29, 0.717) is 6.42 Å². The molecule has 1 aromatic carbocycles. The van der Waals surface area contributed by atoms with Gasteiger partial charge in [0.1, 0.15) is 5.54 Å². The Morgan fingerprint density at radius 2 is 2.05 bits per heavy atom. The van der Waals surface area contributed by atoms with E-state index < -0.39 is 5.54 Å². The third-order valence-electron chi connectivity index (χ3n) is 4.36. The summed E-state index contributed by atoms with van der Waals surface area (Å²) in [7, 11) is 1.80. The first kappa shape index (κ1) is 12.1. The maximum atomic E-state index is 11.9. The van der Waals surface area contributed by atoms with Crippen molar-refractivity contribution in [1.29, 1.82) is 0 Å². The molecule has 2 aliphatic rings.